The largest absolute Gasteiger partial charge is 0.349 e. The van der Waals surface area contributed by atoms with E-state index in [1.54, 1.807) is 6.07 Å². The molecule has 1 heterocycles. The number of nitrogens with one attached hydrogen (secondary N) is 2. The molecule has 22 heavy (non-hydrogen) atoms. The zero-order chi connectivity index (χ0) is 15.7. The Bertz CT molecular complexity index is 857. The summed E-state index contributed by atoms with van der Waals surface area (Å²) in [5, 5.41) is 3.56. The molecule has 0 aliphatic rings. The Morgan fingerprint density at radius 1 is 1.27 bits per heavy atom. The van der Waals surface area contributed by atoms with Crippen LogP contribution in [0, 0.1) is 12.7 Å². The molecule has 0 aliphatic carbocycles. The molecule has 0 aliphatic heterocycles. The van der Waals surface area contributed by atoms with Gasteiger partial charge in [-0.25, -0.2) is 4.39 Å². The quantitative estimate of drug-likeness (QED) is 0.747. The van der Waals surface area contributed by atoms with E-state index in [2.05, 4.69) is 10.3 Å². The first-order valence-corrected chi connectivity index (χ1v) is 7.23. The Morgan fingerprint density at radius 2 is 2.05 bits per heavy atom. The van der Waals surface area contributed by atoms with Crippen molar-refractivity contribution in [1.29, 1.82) is 0 Å². The fraction of sp³-hybridized carbons (Fsp3) is 0.118. The smallest absolute Gasteiger partial charge is 0.269 e. The highest BCUT2D eigenvalue weighted by Gasteiger charge is 2.16. The molecule has 0 radical (unpaired) electrons. The van der Waals surface area contributed by atoms with E-state index in [1.165, 1.54) is 12.1 Å². The molecule has 3 aromatic rings. The fourth-order valence-electron chi connectivity index (χ4n) is 2.36. The third-order valence-electron chi connectivity index (χ3n) is 3.62. The number of carbonyl (C=O) groups is 1. The molecular formula is C17H14ClFN2O. The van der Waals surface area contributed by atoms with E-state index in [-0.39, 0.29) is 22.4 Å². The van der Waals surface area contributed by atoms with Crippen LogP contribution in [0.3, 0.4) is 0 Å². The summed E-state index contributed by atoms with van der Waals surface area (Å²) in [5.74, 6) is -0.704. The molecule has 0 atom stereocenters. The minimum absolute atomic E-state index is 0.233. The lowest BCUT2D eigenvalue weighted by Crippen LogP contribution is -2.23. The van der Waals surface area contributed by atoms with Gasteiger partial charge in [0.2, 0.25) is 0 Å². The zero-order valence-electron chi connectivity index (χ0n) is 11.9. The lowest BCUT2D eigenvalue weighted by atomic mass is 10.1. The van der Waals surface area contributed by atoms with Gasteiger partial charge in [-0.05, 0) is 36.2 Å². The van der Waals surface area contributed by atoms with Gasteiger partial charge in [0.1, 0.15) is 11.5 Å². The summed E-state index contributed by atoms with van der Waals surface area (Å²) in [6.07, 6.45) is 0. The number of benzene rings is 2. The summed E-state index contributed by atoms with van der Waals surface area (Å²) >= 11 is 6.18. The van der Waals surface area contributed by atoms with Gasteiger partial charge in [-0.15, -0.1) is 0 Å². The summed E-state index contributed by atoms with van der Waals surface area (Å²) < 4.78 is 13.3. The van der Waals surface area contributed by atoms with Crippen molar-refractivity contribution in [3.05, 3.63) is 70.1 Å². The van der Waals surface area contributed by atoms with Crippen molar-refractivity contribution in [2.75, 3.05) is 0 Å². The molecular weight excluding hydrogens is 303 g/mol. The third-order valence-corrected chi connectivity index (χ3v) is 4.02. The van der Waals surface area contributed by atoms with Crippen molar-refractivity contribution >= 4 is 28.4 Å². The molecule has 0 saturated carbocycles. The molecule has 0 bridgehead atoms. The van der Waals surface area contributed by atoms with Crippen LogP contribution in [0.5, 0.6) is 0 Å². The van der Waals surface area contributed by atoms with Crippen LogP contribution in [0.25, 0.3) is 10.9 Å². The predicted octanol–water partition coefficient (Wildman–Crippen LogP) is 4.20. The number of aryl methyl sites for hydroxylation is 1. The second-order valence-electron chi connectivity index (χ2n) is 5.11. The normalized spacial score (nSPS) is 10.9. The van der Waals surface area contributed by atoms with Crippen LogP contribution >= 0.6 is 11.6 Å². The van der Waals surface area contributed by atoms with Gasteiger partial charge in [0.15, 0.2) is 0 Å². The summed E-state index contributed by atoms with van der Waals surface area (Å²) in [4.78, 5) is 15.2. The van der Waals surface area contributed by atoms with Crippen molar-refractivity contribution in [2.45, 2.75) is 13.5 Å². The Hall–Kier alpha value is -2.33. The van der Waals surface area contributed by atoms with Crippen LogP contribution in [0.15, 0.2) is 42.5 Å². The van der Waals surface area contributed by atoms with Crippen molar-refractivity contribution < 1.29 is 9.18 Å². The highest BCUT2D eigenvalue weighted by molar-refractivity contribution is 6.38. The molecule has 5 heteroatoms. The summed E-state index contributed by atoms with van der Waals surface area (Å²) in [7, 11) is 0. The van der Waals surface area contributed by atoms with E-state index in [0.717, 1.165) is 11.1 Å². The number of amides is 1. The third kappa shape index (κ3) is 2.70. The number of aromatic nitrogens is 1. The van der Waals surface area contributed by atoms with Crippen LogP contribution in [0.2, 0.25) is 5.02 Å². The molecule has 0 unspecified atom stereocenters. The van der Waals surface area contributed by atoms with Crippen molar-refractivity contribution in [3.8, 4) is 0 Å². The average Bonchev–Trinajstić information content (AvgIpc) is 2.83. The first-order chi connectivity index (χ1) is 10.6. The van der Waals surface area contributed by atoms with Crippen molar-refractivity contribution in [3.63, 3.8) is 0 Å². The molecule has 0 spiro atoms. The minimum atomic E-state index is -0.389. The van der Waals surface area contributed by atoms with Gasteiger partial charge in [0, 0.05) is 17.4 Å². The zero-order valence-corrected chi connectivity index (χ0v) is 12.7. The maximum atomic E-state index is 13.3. The van der Waals surface area contributed by atoms with E-state index in [0.29, 0.717) is 17.4 Å². The van der Waals surface area contributed by atoms with Crippen LogP contribution in [0.1, 0.15) is 21.6 Å². The number of aromatic amines is 1. The van der Waals surface area contributed by atoms with Gasteiger partial charge < -0.3 is 10.3 Å². The minimum Gasteiger partial charge on any atom is -0.349 e. The Kier molecular flexibility index (Phi) is 3.86. The van der Waals surface area contributed by atoms with Gasteiger partial charge in [-0.2, -0.15) is 0 Å². The number of hydrogen-bond acceptors (Lipinski definition) is 1. The summed E-state index contributed by atoms with van der Waals surface area (Å²) in [5.41, 5.74) is 3.02. The van der Waals surface area contributed by atoms with Gasteiger partial charge in [-0.3, -0.25) is 4.79 Å². The average molecular weight is 317 g/mol. The highest BCUT2D eigenvalue weighted by Crippen LogP contribution is 2.28. The SMILES string of the molecule is Cc1ccccc1CNC(=O)c1[nH]c2ccc(F)cc2c1Cl. The predicted molar refractivity (Wildman–Crippen MR) is 85.6 cm³/mol. The number of H-pyrrole nitrogens is 1. The molecule has 112 valence electrons. The number of fused-ring (bicyclic) bond motifs is 1. The van der Waals surface area contributed by atoms with Gasteiger partial charge in [-0.1, -0.05) is 35.9 Å². The van der Waals surface area contributed by atoms with Gasteiger partial charge in [0.25, 0.3) is 5.91 Å². The second-order valence-corrected chi connectivity index (χ2v) is 5.49. The molecule has 2 aromatic carbocycles. The van der Waals surface area contributed by atoms with Gasteiger partial charge >= 0.3 is 0 Å². The van der Waals surface area contributed by atoms with E-state index in [1.807, 2.05) is 31.2 Å². The number of hydrogen-bond donors (Lipinski definition) is 2. The lowest BCUT2D eigenvalue weighted by molar-refractivity contribution is 0.0947. The molecule has 0 saturated heterocycles. The van der Waals surface area contributed by atoms with E-state index in [4.69, 9.17) is 11.6 Å². The van der Waals surface area contributed by atoms with Crippen molar-refractivity contribution in [1.82, 2.24) is 10.3 Å². The van der Waals surface area contributed by atoms with E-state index < -0.39 is 0 Å². The standard InChI is InChI=1S/C17H14ClFN2O/c1-10-4-2-3-5-11(10)9-20-17(22)16-15(18)13-8-12(19)6-7-14(13)21-16/h2-8,21H,9H2,1H3,(H,20,22). The van der Waals surface area contributed by atoms with E-state index in [9.17, 15) is 9.18 Å². The maximum absolute atomic E-state index is 13.3. The summed E-state index contributed by atoms with van der Waals surface area (Å²) in [6, 6.07) is 12.0. The molecule has 1 aromatic heterocycles. The first kappa shape index (κ1) is 14.6. The van der Waals surface area contributed by atoms with Crippen LogP contribution < -0.4 is 5.32 Å². The molecule has 1 amide bonds. The Balaban J connectivity index is 1.83. The van der Waals surface area contributed by atoms with Gasteiger partial charge in [0.05, 0.1) is 5.02 Å². The number of carbonyl (C=O) groups excluding carboxylic acids is 1. The molecule has 3 rings (SSSR count). The lowest BCUT2D eigenvalue weighted by Gasteiger charge is -2.07. The van der Waals surface area contributed by atoms with E-state index >= 15 is 0 Å². The Labute approximate surface area is 132 Å². The number of rotatable bonds is 3. The first-order valence-electron chi connectivity index (χ1n) is 6.85. The molecule has 2 N–H and O–H groups in total. The molecule has 3 nitrogen and oxygen atoms in total. The number of halogens is 2. The monoisotopic (exact) mass is 316 g/mol. The van der Waals surface area contributed by atoms with Crippen LogP contribution in [-0.4, -0.2) is 10.9 Å². The molecule has 0 fully saturated rings. The topological polar surface area (TPSA) is 44.9 Å². The summed E-state index contributed by atoms with van der Waals surface area (Å²) in [6.45, 7) is 2.39. The van der Waals surface area contributed by atoms with Crippen LogP contribution in [0.4, 0.5) is 4.39 Å². The van der Waals surface area contributed by atoms with Crippen molar-refractivity contribution in [2.24, 2.45) is 0 Å². The highest BCUT2D eigenvalue weighted by atomic mass is 35.5. The maximum Gasteiger partial charge on any atom is 0.269 e. The fourth-order valence-corrected chi connectivity index (χ4v) is 2.65. The Morgan fingerprint density at radius 3 is 2.82 bits per heavy atom. The van der Waals surface area contributed by atoms with Crippen LogP contribution in [-0.2, 0) is 6.54 Å². The second kappa shape index (κ2) is 5.81.